The summed E-state index contributed by atoms with van der Waals surface area (Å²) in [7, 11) is 0. The van der Waals surface area contributed by atoms with Gasteiger partial charge in [-0.25, -0.2) is 4.98 Å². The van der Waals surface area contributed by atoms with E-state index in [2.05, 4.69) is 53.4 Å². The van der Waals surface area contributed by atoms with E-state index < -0.39 is 0 Å². The summed E-state index contributed by atoms with van der Waals surface area (Å²) in [5.41, 5.74) is 1.48. The zero-order chi connectivity index (χ0) is 26.5. The highest BCUT2D eigenvalue weighted by Crippen LogP contribution is 2.29. The van der Waals surface area contributed by atoms with Crippen LogP contribution in [-0.2, 0) is 4.79 Å². The second kappa shape index (κ2) is 12.4. The first-order chi connectivity index (χ1) is 17.9. The van der Waals surface area contributed by atoms with Crippen molar-refractivity contribution in [1.29, 1.82) is 0 Å². The third-order valence-corrected chi connectivity index (χ3v) is 8.23. The topological polar surface area (TPSA) is 58.4 Å². The van der Waals surface area contributed by atoms with Gasteiger partial charge < -0.3 is 4.90 Å². The van der Waals surface area contributed by atoms with Crippen LogP contribution >= 0.6 is 15.9 Å². The van der Waals surface area contributed by atoms with Crippen molar-refractivity contribution in [2.45, 2.75) is 71.9 Å². The van der Waals surface area contributed by atoms with Crippen LogP contribution in [0.1, 0.15) is 71.7 Å². The molecule has 1 aliphatic rings. The van der Waals surface area contributed by atoms with Gasteiger partial charge in [0.15, 0.2) is 0 Å². The largest absolute Gasteiger partial charge is 0.337 e. The summed E-state index contributed by atoms with van der Waals surface area (Å²) < 4.78 is 2.74. The SMILES string of the molecule is CCCCC(CC)C(=O)N1CCN(C(CC)c2nc3ccccc3c(=O)n2-c2ccc(Br)cc2)CC1C. The minimum Gasteiger partial charge on any atom is -0.337 e. The molecule has 4 rings (SSSR count). The first kappa shape index (κ1) is 27.5. The molecule has 3 aromatic rings. The molecule has 7 heteroatoms. The molecule has 0 saturated carbocycles. The quantitative estimate of drug-likeness (QED) is 0.303. The van der Waals surface area contributed by atoms with Gasteiger partial charge in [0.25, 0.3) is 5.56 Å². The molecule has 1 aliphatic heterocycles. The van der Waals surface area contributed by atoms with Gasteiger partial charge in [-0.05, 0) is 62.6 Å². The van der Waals surface area contributed by atoms with E-state index in [1.807, 2.05) is 48.5 Å². The van der Waals surface area contributed by atoms with E-state index in [1.54, 1.807) is 4.57 Å². The van der Waals surface area contributed by atoms with Crippen LogP contribution in [0.4, 0.5) is 0 Å². The van der Waals surface area contributed by atoms with Crippen LogP contribution in [0.2, 0.25) is 0 Å². The van der Waals surface area contributed by atoms with Crippen molar-refractivity contribution in [3.63, 3.8) is 0 Å². The smallest absolute Gasteiger partial charge is 0.266 e. The van der Waals surface area contributed by atoms with Crippen molar-refractivity contribution in [3.8, 4) is 5.69 Å². The number of nitrogens with zero attached hydrogens (tertiary/aromatic N) is 4. The highest BCUT2D eigenvalue weighted by Gasteiger charge is 2.35. The maximum absolute atomic E-state index is 13.8. The normalized spacial score (nSPS) is 18.2. The summed E-state index contributed by atoms with van der Waals surface area (Å²) in [6.45, 7) is 10.8. The molecule has 1 aromatic heterocycles. The number of amides is 1. The molecular formula is C30H39BrN4O2. The molecule has 198 valence electrons. The monoisotopic (exact) mass is 566 g/mol. The number of benzene rings is 2. The first-order valence-electron chi connectivity index (χ1n) is 13.7. The molecule has 1 fully saturated rings. The number of fused-ring (bicyclic) bond motifs is 1. The fraction of sp³-hybridized carbons (Fsp3) is 0.500. The summed E-state index contributed by atoms with van der Waals surface area (Å²) in [6.07, 6.45) is 4.89. The molecule has 0 spiro atoms. The Bertz CT molecular complexity index is 1270. The summed E-state index contributed by atoms with van der Waals surface area (Å²) in [4.78, 5) is 36.7. The lowest BCUT2D eigenvalue weighted by atomic mass is 9.96. The number of hydrogen-bond acceptors (Lipinski definition) is 4. The zero-order valence-corrected chi connectivity index (χ0v) is 24.1. The highest BCUT2D eigenvalue weighted by molar-refractivity contribution is 9.10. The van der Waals surface area contributed by atoms with Crippen molar-refractivity contribution in [2.75, 3.05) is 19.6 Å². The maximum atomic E-state index is 13.8. The van der Waals surface area contributed by atoms with Crippen LogP contribution in [0.3, 0.4) is 0 Å². The van der Waals surface area contributed by atoms with E-state index in [4.69, 9.17) is 4.98 Å². The van der Waals surface area contributed by atoms with Gasteiger partial charge in [0.2, 0.25) is 5.91 Å². The minimum absolute atomic E-state index is 0.0391. The molecule has 6 nitrogen and oxygen atoms in total. The Balaban J connectivity index is 1.68. The van der Waals surface area contributed by atoms with Crippen LogP contribution < -0.4 is 5.56 Å². The average molecular weight is 568 g/mol. The number of rotatable bonds is 9. The number of carbonyl (C=O) groups is 1. The fourth-order valence-corrected chi connectivity index (χ4v) is 5.87. The van der Waals surface area contributed by atoms with Crippen molar-refractivity contribution < 1.29 is 4.79 Å². The second-order valence-electron chi connectivity index (χ2n) is 10.2. The number of unbranched alkanes of at least 4 members (excludes halogenated alkanes) is 1. The lowest BCUT2D eigenvalue weighted by Crippen LogP contribution is -2.56. The summed E-state index contributed by atoms with van der Waals surface area (Å²) in [6, 6.07) is 15.5. The molecule has 0 radical (unpaired) electrons. The van der Waals surface area contributed by atoms with Crippen molar-refractivity contribution in [1.82, 2.24) is 19.4 Å². The van der Waals surface area contributed by atoms with Gasteiger partial charge in [-0.2, -0.15) is 0 Å². The van der Waals surface area contributed by atoms with E-state index >= 15 is 0 Å². The van der Waals surface area contributed by atoms with E-state index in [1.165, 1.54) is 0 Å². The predicted molar refractivity (Wildman–Crippen MR) is 154 cm³/mol. The van der Waals surface area contributed by atoms with Crippen LogP contribution in [0, 0.1) is 5.92 Å². The van der Waals surface area contributed by atoms with E-state index in [9.17, 15) is 9.59 Å². The number of hydrogen-bond donors (Lipinski definition) is 0. The van der Waals surface area contributed by atoms with Crippen LogP contribution in [0.15, 0.2) is 57.8 Å². The van der Waals surface area contributed by atoms with Crippen molar-refractivity contribution in [2.24, 2.45) is 5.92 Å². The van der Waals surface area contributed by atoms with Gasteiger partial charge in [-0.1, -0.05) is 61.7 Å². The number of para-hydroxylation sites is 1. The lowest BCUT2D eigenvalue weighted by Gasteiger charge is -2.44. The fourth-order valence-electron chi connectivity index (χ4n) is 5.60. The maximum Gasteiger partial charge on any atom is 0.266 e. The van der Waals surface area contributed by atoms with Gasteiger partial charge in [0, 0.05) is 36.1 Å². The molecular weight excluding hydrogens is 528 g/mol. The first-order valence-corrected chi connectivity index (χ1v) is 14.5. The van der Waals surface area contributed by atoms with Gasteiger partial charge in [0.1, 0.15) is 5.82 Å². The minimum atomic E-state index is -0.0510. The van der Waals surface area contributed by atoms with Gasteiger partial charge >= 0.3 is 0 Å². The Morgan fingerprint density at radius 1 is 1.05 bits per heavy atom. The summed E-state index contributed by atoms with van der Waals surface area (Å²) >= 11 is 3.51. The van der Waals surface area contributed by atoms with Crippen LogP contribution in [0.25, 0.3) is 16.6 Å². The van der Waals surface area contributed by atoms with E-state index in [-0.39, 0.29) is 23.6 Å². The Kier molecular flexibility index (Phi) is 9.19. The predicted octanol–water partition coefficient (Wildman–Crippen LogP) is 6.35. The number of carbonyl (C=O) groups excluding carboxylic acids is 1. The zero-order valence-electron chi connectivity index (χ0n) is 22.5. The molecule has 0 aliphatic carbocycles. The Hall–Kier alpha value is -2.51. The number of piperazine rings is 1. The van der Waals surface area contributed by atoms with E-state index in [0.29, 0.717) is 17.8 Å². The molecule has 37 heavy (non-hydrogen) atoms. The van der Waals surface area contributed by atoms with Crippen molar-refractivity contribution >= 4 is 32.7 Å². The standard InChI is InChI=1S/C30H39BrN4O2/c1-5-8-11-22(6-2)29(36)34-19-18-33(20-21(34)4)27(7-3)28-32-26-13-10-9-12-25(26)30(37)35(28)24-16-14-23(31)15-17-24/h9-10,12-17,21-22,27H,5-8,11,18-20H2,1-4H3. The Morgan fingerprint density at radius 3 is 2.43 bits per heavy atom. The number of aromatic nitrogens is 2. The molecule has 0 bridgehead atoms. The molecule has 0 N–H and O–H groups in total. The Morgan fingerprint density at radius 2 is 1.78 bits per heavy atom. The molecule has 2 aromatic carbocycles. The summed E-state index contributed by atoms with van der Waals surface area (Å²) in [5.74, 6) is 1.17. The highest BCUT2D eigenvalue weighted by atomic mass is 79.9. The number of halogens is 1. The van der Waals surface area contributed by atoms with Crippen LogP contribution in [0.5, 0.6) is 0 Å². The molecule has 3 unspecified atom stereocenters. The third kappa shape index (κ3) is 5.83. The summed E-state index contributed by atoms with van der Waals surface area (Å²) in [5, 5.41) is 0.616. The van der Waals surface area contributed by atoms with Gasteiger partial charge in [0.05, 0.1) is 22.6 Å². The van der Waals surface area contributed by atoms with Gasteiger partial charge in [-0.3, -0.25) is 19.1 Å². The molecule has 1 amide bonds. The Labute approximate surface area is 228 Å². The van der Waals surface area contributed by atoms with E-state index in [0.717, 1.165) is 66.7 Å². The molecule has 2 heterocycles. The van der Waals surface area contributed by atoms with Gasteiger partial charge in [-0.15, -0.1) is 0 Å². The van der Waals surface area contributed by atoms with Crippen LogP contribution in [-0.4, -0.2) is 50.9 Å². The third-order valence-electron chi connectivity index (χ3n) is 7.70. The molecule has 1 saturated heterocycles. The average Bonchev–Trinajstić information content (AvgIpc) is 2.90. The van der Waals surface area contributed by atoms with Crippen molar-refractivity contribution in [3.05, 3.63) is 69.2 Å². The molecule has 3 atom stereocenters. The lowest BCUT2D eigenvalue weighted by molar-refractivity contribution is -0.141. The second-order valence-corrected chi connectivity index (χ2v) is 11.1.